The number of piperidine rings is 1. The smallest absolute Gasteiger partial charge is 0.267 e. The number of amides is 1. The van der Waals surface area contributed by atoms with Gasteiger partial charge in [0.1, 0.15) is 4.83 Å². The lowest BCUT2D eigenvalue weighted by molar-refractivity contribution is -0.134. The van der Waals surface area contributed by atoms with Crippen LogP contribution in [-0.2, 0) is 17.6 Å². The molecule has 3 aromatic rings. The monoisotopic (exact) mass is 467 g/mol. The van der Waals surface area contributed by atoms with Crippen LogP contribution < -0.4 is 5.56 Å². The van der Waals surface area contributed by atoms with Crippen LogP contribution in [0.2, 0.25) is 0 Å². The van der Waals surface area contributed by atoms with Gasteiger partial charge in [-0.3, -0.25) is 14.2 Å². The molecule has 1 aliphatic carbocycles. The van der Waals surface area contributed by atoms with Gasteiger partial charge in [0.2, 0.25) is 5.91 Å². The Morgan fingerprint density at radius 1 is 1.09 bits per heavy atom. The first-order valence-electron chi connectivity index (χ1n) is 11.6. The van der Waals surface area contributed by atoms with Gasteiger partial charge in [0, 0.05) is 17.0 Å². The number of thiophene rings is 1. The average Bonchev–Trinajstić information content (AvgIpc) is 3.17. The molecule has 0 N–H and O–H groups in total. The Morgan fingerprint density at radius 3 is 2.56 bits per heavy atom. The number of aryl methyl sites for hydroxylation is 2. The summed E-state index contributed by atoms with van der Waals surface area (Å²) in [4.78, 5) is 36.0. The number of hydrogen-bond acceptors (Lipinski definition) is 5. The van der Waals surface area contributed by atoms with Crippen molar-refractivity contribution in [2.75, 3.05) is 5.75 Å². The Hall–Kier alpha value is -2.12. The van der Waals surface area contributed by atoms with Crippen LogP contribution in [0.4, 0.5) is 0 Å². The van der Waals surface area contributed by atoms with E-state index in [2.05, 4.69) is 13.8 Å². The third kappa shape index (κ3) is 3.90. The first-order chi connectivity index (χ1) is 15.5. The molecule has 0 saturated carbocycles. The van der Waals surface area contributed by atoms with Crippen molar-refractivity contribution >= 4 is 39.2 Å². The average molecular weight is 468 g/mol. The summed E-state index contributed by atoms with van der Waals surface area (Å²) in [5.41, 5.74) is 1.99. The number of rotatable bonds is 4. The van der Waals surface area contributed by atoms with Crippen LogP contribution in [0.5, 0.6) is 0 Å². The summed E-state index contributed by atoms with van der Waals surface area (Å²) >= 11 is 3.05. The molecule has 1 fully saturated rings. The standard InChI is InChI=1S/C25H29N3O2S2/c1-16-9-8-10-17(2)27(16)21(29)15-31-25-26-23-22(19-13-6-7-14-20(19)32-23)24(30)28(25)18-11-4-3-5-12-18/h3-5,11-12,16-17H,6-10,13-15H2,1-2H3. The van der Waals surface area contributed by atoms with Crippen molar-refractivity contribution < 1.29 is 4.79 Å². The summed E-state index contributed by atoms with van der Waals surface area (Å²) in [6.45, 7) is 4.27. The van der Waals surface area contributed by atoms with Gasteiger partial charge in [-0.1, -0.05) is 30.0 Å². The number of nitrogens with zero attached hydrogens (tertiary/aromatic N) is 3. The minimum absolute atomic E-state index is 0.00439. The van der Waals surface area contributed by atoms with Crippen LogP contribution in [-0.4, -0.2) is 38.2 Å². The molecule has 0 spiro atoms. The van der Waals surface area contributed by atoms with Gasteiger partial charge in [0.05, 0.1) is 16.8 Å². The van der Waals surface area contributed by atoms with E-state index < -0.39 is 0 Å². The summed E-state index contributed by atoms with van der Waals surface area (Å²) < 4.78 is 1.71. The number of carbonyl (C=O) groups is 1. The fraction of sp³-hybridized carbons (Fsp3) is 0.480. The lowest BCUT2D eigenvalue weighted by atomic mass is 9.97. The van der Waals surface area contributed by atoms with Crippen LogP contribution in [0.3, 0.4) is 0 Å². The number of para-hydroxylation sites is 1. The minimum Gasteiger partial charge on any atom is -0.337 e. The Bertz CT molecular complexity index is 1190. The lowest BCUT2D eigenvalue weighted by Gasteiger charge is -2.39. The Labute approximate surface area is 196 Å². The molecular weight excluding hydrogens is 438 g/mol. The quantitative estimate of drug-likeness (QED) is 0.391. The van der Waals surface area contributed by atoms with E-state index in [1.807, 2.05) is 35.2 Å². The maximum absolute atomic E-state index is 13.8. The van der Waals surface area contributed by atoms with Crippen molar-refractivity contribution in [2.45, 2.75) is 76.0 Å². The van der Waals surface area contributed by atoms with Gasteiger partial charge in [-0.15, -0.1) is 11.3 Å². The molecule has 1 aromatic carbocycles. The fourth-order valence-corrected chi connectivity index (χ4v) is 7.39. The normalized spacial score (nSPS) is 21.0. The van der Waals surface area contributed by atoms with Crippen molar-refractivity contribution in [3.63, 3.8) is 0 Å². The number of hydrogen-bond donors (Lipinski definition) is 0. The third-order valence-electron chi connectivity index (χ3n) is 6.78. The molecule has 7 heteroatoms. The Morgan fingerprint density at radius 2 is 1.81 bits per heavy atom. The number of benzene rings is 1. The van der Waals surface area contributed by atoms with Crippen molar-refractivity contribution in [1.82, 2.24) is 14.5 Å². The Balaban J connectivity index is 1.54. The van der Waals surface area contributed by atoms with Gasteiger partial charge in [-0.2, -0.15) is 0 Å². The topological polar surface area (TPSA) is 55.2 Å². The molecule has 2 aliphatic rings. The molecule has 2 unspecified atom stereocenters. The number of aromatic nitrogens is 2. The van der Waals surface area contributed by atoms with Gasteiger partial charge in [0.25, 0.3) is 5.56 Å². The lowest BCUT2D eigenvalue weighted by Crippen LogP contribution is -2.48. The summed E-state index contributed by atoms with van der Waals surface area (Å²) in [6, 6.07) is 10.2. The maximum atomic E-state index is 13.8. The summed E-state index contributed by atoms with van der Waals surface area (Å²) in [7, 11) is 0. The molecule has 0 radical (unpaired) electrons. The predicted octanol–water partition coefficient (Wildman–Crippen LogP) is 5.21. The number of carbonyl (C=O) groups excluding carboxylic acids is 1. The van der Waals surface area contributed by atoms with E-state index in [0.717, 1.165) is 48.0 Å². The van der Waals surface area contributed by atoms with Gasteiger partial charge in [-0.25, -0.2) is 4.98 Å². The van der Waals surface area contributed by atoms with E-state index in [0.29, 0.717) is 10.9 Å². The first kappa shape index (κ1) is 21.7. The highest BCUT2D eigenvalue weighted by Gasteiger charge is 2.29. The zero-order valence-corrected chi connectivity index (χ0v) is 20.3. The summed E-state index contributed by atoms with van der Waals surface area (Å²) in [5, 5.41) is 1.39. The number of likely N-dealkylation sites (tertiary alicyclic amines) is 1. The third-order valence-corrected chi connectivity index (χ3v) is 8.89. The van der Waals surface area contributed by atoms with Gasteiger partial charge in [0.15, 0.2) is 5.16 Å². The molecule has 168 valence electrons. The van der Waals surface area contributed by atoms with E-state index in [4.69, 9.17) is 4.98 Å². The molecule has 32 heavy (non-hydrogen) atoms. The highest BCUT2D eigenvalue weighted by atomic mass is 32.2. The first-order valence-corrected chi connectivity index (χ1v) is 13.4. The van der Waals surface area contributed by atoms with Crippen molar-refractivity contribution in [1.29, 1.82) is 0 Å². The van der Waals surface area contributed by atoms with Crippen LogP contribution in [0.25, 0.3) is 15.9 Å². The van der Waals surface area contributed by atoms with Gasteiger partial charge < -0.3 is 4.90 Å². The minimum atomic E-state index is -0.00439. The molecule has 3 heterocycles. The van der Waals surface area contributed by atoms with Crippen LogP contribution in [0.15, 0.2) is 40.3 Å². The second-order valence-corrected chi connectivity index (χ2v) is 11.0. The van der Waals surface area contributed by atoms with Crippen LogP contribution >= 0.6 is 23.1 Å². The van der Waals surface area contributed by atoms with Gasteiger partial charge in [-0.05, 0) is 76.5 Å². The van der Waals surface area contributed by atoms with Crippen LogP contribution in [0, 0.1) is 0 Å². The predicted molar refractivity (Wildman–Crippen MR) is 132 cm³/mol. The number of thioether (sulfide) groups is 1. The van der Waals surface area contributed by atoms with E-state index in [1.165, 1.54) is 35.0 Å². The fourth-order valence-electron chi connectivity index (χ4n) is 5.20. The molecule has 0 bridgehead atoms. The molecule has 2 aromatic heterocycles. The van der Waals surface area contributed by atoms with E-state index in [1.54, 1.807) is 15.9 Å². The van der Waals surface area contributed by atoms with Crippen molar-refractivity contribution in [3.05, 3.63) is 51.1 Å². The zero-order chi connectivity index (χ0) is 22.2. The summed E-state index contributed by atoms with van der Waals surface area (Å²) in [5.74, 6) is 0.430. The molecule has 1 aliphatic heterocycles. The molecule has 5 nitrogen and oxygen atoms in total. The molecule has 2 atom stereocenters. The van der Waals surface area contributed by atoms with E-state index >= 15 is 0 Å². The number of fused-ring (bicyclic) bond motifs is 3. The van der Waals surface area contributed by atoms with E-state index in [-0.39, 0.29) is 23.6 Å². The van der Waals surface area contributed by atoms with Crippen LogP contribution in [0.1, 0.15) is 56.4 Å². The molecule has 1 saturated heterocycles. The van der Waals surface area contributed by atoms with Crippen molar-refractivity contribution in [2.24, 2.45) is 0 Å². The maximum Gasteiger partial charge on any atom is 0.267 e. The SMILES string of the molecule is CC1CCCC(C)N1C(=O)CSc1nc2sc3c(c2c(=O)n1-c1ccccc1)CCCC3. The Kier molecular flexibility index (Phi) is 6.12. The second-order valence-electron chi connectivity index (χ2n) is 8.98. The molecule has 5 rings (SSSR count). The summed E-state index contributed by atoms with van der Waals surface area (Å²) in [6.07, 6.45) is 7.58. The molecule has 1 amide bonds. The zero-order valence-electron chi connectivity index (χ0n) is 18.7. The highest BCUT2D eigenvalue weighted by molar-refractivity contribution is 7.99. The largest absolute Gasteiger partial charge is 0.337 e. The van der Waals surface area contributed by atoms with E-state index in [9.17, 15) is 9.59 Å². The van der Waals surface area contributed by atoms with Crippen molar-refractivity contribution in [3.8, 4) is 5.69 Å². The second kappa shape index (κ2) is 9.02. The highest BCUT2D eigenvalue weighted by Crippen LogP contribution is 2.35. The van der Waals surface area contributed by atoms with Gasteiger partial charge >= 0.3 is 0 Å². The molecular formula is C25H29N3O2S2.